The summed E-state index contributed by atoms with van der Waals surface area (Å²) in [6.07, 6.45) is 1.28. The van der Waals surface area contributed by atoms with Crippen LogP contribution >= 0.6 is 0 Å². The van der Waals surface area contributed by atoms with Crippen LogP contribution in [0.3, 0.4) is 0 Å². The molecule has 2 rings (SSSR count). The van der Waals surface area contributed by atoms with Gasteiger partial charge < -0.3 is 11.5 Å². The molecule has 0 amide bonds. The van der Waals surface area contributed by atoms with E-state index in [1.54, 1.807) is 18.2 Å². The van der Waals surface area contributed by atoms with Gasteiger partial charge in [-0.1, -0.05) is 30.3 Å². The summed E-state index contributed by atoms with van der Waals surface area (Å²) in [5.74, 6) is -0.500. The number of benzene rings is 2. The van der Waals surface area contributed by atoms with Crippen molar-refractivity contribution in [2.75, 3.05) is 0 Å². The van der Waals surface area contributed by atoms with Gasteiger partial charge >= 0.3 is 0 Å². The maximum atomic E-state index is 14.0. The van der Waals surface area contributed by atoms with Crippen molar-refractivity contribution >= 4 is 22.9 Å². The lowest BCUT2D eigenvalue weighted by atomic mass is 10.1. The Morgan fingerprint density at radius 2 is 1.88 bits per heavy atom. The molecule has 0 aliphatic heterocycles. The SMILES string of the molecule is NC(N)=NN=Cc1ccc2ccccc2c1F. The molecule has 17 heavy (non-hydrogen) atoms. The molecule has 4 nitrogen and oxygen atoms in total. The van der Waals surface area contributed by atoms with Crippen LogP contribution in [-0.2, 0) is 0 Å². The molecular weight excluding hydrogens is 219 g/mol. The molecule has 0 saturated heterocycles. The molecule has 5 heteroatoms. The van der Waals surface area contributed by atoms with E-state index >= 15 is 0 Å². The van der Waals surface area contributed by atoms with Crippen molar-refractivity contribution in [1.29, 1.82) is 0 Å². The average Bonchev–Trinajstić information content (AvgIpc) is 2.32. The molecule has 0 spiro atoms. The van der Waals surface area contributed by atoms with Gasteiger partial charge in [-0.05, 0) is 11.5 Å². The van der Waals surface area contributed by atoms with Crippen molar-refractivity contribution in [3.63, 3.8) is 0 Å². The first-order chi connectivity index (χ1) is 8.18. The average molecular weight is 230 g/mol. The van der Waals surface area contributed by atoms with E-state index < -0.39 is 0 Å². The zero-order chi connectivity index (χ0) is 12.3. The van der Waals surface area contributed by atoms with Crippen LogP contribution in [0.1, 0.15) is 5.56 Å². The molecule has 2 aromatic carbocycles. The van der Waals surface area contributed by atoms with Gasteiger partial charge in [0.1, 0.15) is 5.82 Å². The van der Waals surface area contributed by atoms with Crippen molar-refractivity contribution in [3.05, 3.63) is 47.8 Å². The summed E-state index contributed by atoms with van der Waals surface area (Å²) in [7, 11) is 0. The van der Waals surface area contributed by atoms with Gasteiger partial charge in [-0.25, -0.2) is 4.39 Å². The number of guanidine groups is 1. The van der Waals surface area contributed by atoms with Gasteiger partial charge in [-0.2, -0.15) is 5.10 Å². The standard InChI is InChI=1S/C12H11FN4/c13-11-9(7-16-17-12(14)15)6-5-8-3-1-2-4-10(8)11/h1-7H,(H4,14,15,17). The minimum atomic E-state index is -0.336. The van der Waals surface area contributed by atoms with Crippen molar-refractivity contribution in [1.82, 2.24) is 0 Å². The zero-order valence-corrected chi connectivity index (χ0v) is 8.97. The number of rotatable bonds is 2. The van der Waals surface area contributed by atoms with E-state index in [0.29, 0.717) is 10.9 Å². The summed E-state index contributed by atoms with van der Waals surface area (Å²) in [4.78, 5) is 0. The summed E-state index contributed by atoms with van der Waals surface area (Å²) >= 11 is 0. The molecule has 0 radical (unpaired) electrons. The summed E-state index contributed by atoms with van der Waals surface area (Å²) in [6, 6.07) is 10.6. The minimum Gasteiger partial charge on any atom is -0.369 e. The maximum Gasteiger partial charge on any atom is 0.211 e. The quantitative estimate of drug-likeness (QED) is 0.467. The third-order valence-corrected chi connectivity index (χ3v) is 2.26. The predicted molar refractivity (Wildman–Crippen MR) is 67.3 cm³/mol. The minimum absolute atomic E-state index is 0.164. The lowest BCUT2D eigenvalue weighted by Crippen LogP contribution is -2.21. The largest absolute Gasteiger partial charge is 0.369 e. The first kappa shape index (κ1) is 11.1. The highest BCUT2D eigenvalue weighted by Crippen LogP contribution is 2.19. The van der Waals surface area contributed by atoms with Crippen LogP contribution in [0.15, 0.2) is 46.6 Å². The second-order valence-electron chi connectivity index (χ2n) is 3.46. The third-order valence-electron chi connectivity index (χ3n) is 2.26. The number of hydrogen-bond donors (Lipinski definition) is 2. The van der Waals surface area contributed by atoms with E-state index in [9.17, 15) is 4.39 Å². The molecule has 0 aromatic heterocycles. The first-order valence-corrected chi connectivity index (χ1v) is 4.97. The van der Waals surface area contributed by atoms with E-state index in [1.807, 2.05) is 18.2 Å². The molecule has 4 N–H and O–H groups in total. The van der Waals surface area contributed by atoms with Gasteiger partial charge in [0, 0.05) is 10.9 Å². The second-order valence-corrected chi connectivity index (χ2v) is 3.46. The first-order valence-electron chi connectivity index (χ1n) is 4.97. The molecule has 0 aliphatic carbocycles. The van der Waals surface area contributed by atoms with Gasteiger partial charge in [-0.15, -0.1) is 5.10 Å². The third kappa shape index (κ3) is 2.39. The number of hydrogen-bond acceptors (Lipinski definition) is 2. The summed E-state index contributed by atoms with van der Waals surface area (Å²) in [5, 5.41) is 8.38. The highest BCUT2D eigenvalue weighted by Gasteiger charge is 2.04. The second kappa shape index (κ2) is 4.61. The van der Waals surface area contributed by atoms with Gasteiger partial charge in [0.05, 0.1) is 6.21 Å². The Morgan fingerprint density at radius 1 is 1.12 bits per heavy atom. The van der Waals surface area contributed by atoms with Crippen LogP contribution in [0.4, 0.5) is 4.39 Å². The summed E-state index contributed by atoms with van der Waals surface area (Å²) < 4.78 is 14.0. The molecule has 0 aliphatic rings. The van der Waals surface area contributed by atoms with E-state index in [0.717, 1.165) is 5.39 Å². The van der Waals surface area contributed by atoms with Crippen molar-refractivity contribution < 1.29 is 4.39 Å². The topological polar surface area (TPSA) is 76.8 Å². The predicted octanol–water partition coefficient (Wildman–Crippen LogP) is 1.59. The lowest BCUT2D eigenvalue weighted by Gasteiger charge is -2.01. The molecule has 0 atom stereocenters. The fourth-order valence-electron chi connectivity index (χ4n) is 1.51. The Kier molecular flexibility index (Phi) is 3.00. The molecule has 0 fully saturated rings. The Bertz CT molecular complexity index is 600. The normalized spacial score (nSPS) is 10.9. The number of halogens is 1. The van der Waals surface area contributed by atoms with E-state index in [4.69, 9.17) is 11.5 Å². The van der Waals surface area contributed by atoms with Crippen molar-refractivity contribution in [2.24, 2.45) is 21.7 Å². The van der Waals surface area contributed by atoms with Gasteiger partial charge in [0.15, 0.2) is 0 Å². The molecule has 2 aromatic rings. The van der Waals surface area contributed by atoms with Gasteiger partial charge in [-0.3, -0.25) is 0 Å². The van der Waals surface area contributed by atoms with Crippen LogP contribution in [0.2, 0.25) is 0 Å². The smallest absolute Gasteiger partial charge is 0.211 e. The maximum absolute atomic E-state index is 14.0. The molecule has 0 heterocycles. The fraction of sp³-hybridized carbons (Fsp3) is 0. The number of fused-ring (bicyclic) bond motifs is 1. The zero-order valence-electron chi connectivity index (χ0n) is 8.97. The van der Waals surface area contributed by atoms with Crippen molar-refractivity contribution in [2.45, 2.75) is 0 Å². The van der Waals surface area contributed by atoms with E-state index in [-0.39, 0.29) is 11.8 Å². The monoisotopic (exact) mass is 230 g/mol. The van der Waals surface area contributed by atoms with Crippen molar-refractivity contribution in [3.8, 4) is 0 Å². The Hall–Kier alpha value is -2.43. The molecule has 86 valence electrons. The van der Waals surface area contributed by atoms with Gasteiger partial charge in [0.25, 0.3) is 0 Å². The molecule has 0 saturated carbocycles. The van der Waals surface area contributed by atoms with Crippen LogP contribution in [0.5, 0.6) is 0 Å². The van der Waals surface area contributed by atoms with Crippen LogP contribution in [-0.4, -0.2) is 12.2 Å². The van der Waals surface area contributed by atoms with E-state index in [1.165, 1.54) is 6.21 Å². The number of nitrogens with two attached hydrogens (primary N) is 2. The molecule has 0 unspecified atom stereocenters. The summed E-state index contributed by atoms with van der Waals surface area (Å²) in [5.41, 5.74) is 10.6. The Labute approximate surface area is 97.4 Å². The summed E-state index contributed by atoms with van der Waals surface area (Å²) in [6.45, 7) is 0. The highest BCUT2D eigenvalue weighted by molar-refractivity contribution is 5.91. The molecular formula is C12H11FN4. The lowest BCUT2D eigenvalue weighted by molar-refractivity contribution is 0.638. The van der Waals surface area contributed by atoms with E-state index in [2.05, 4.69) is 10.2 Å². The van der Waals surface area contributed by atoms with Crippen LogP contribution < -0.4 is 11.5 Å². The van der Waals surface area contributed by atoms with Crippen LogP contribution in [0, 0.1) is 5.82 Å². The van der Waals surface area contributed by atoms with Crippen LogP contribution in [0.25, 0.3) is 10.8 Å². The Balaban J connectivity index is 2.46. The molecule has 0 bridgehead atoms. The Morgan fingerprint density at radius 3 is 2.65 bits per heavy atom. The fourth-order valence-corrected chi connectivity index (χ4v) is 1.51. The van der Waals surface area contributed by atoms with Gasteiger partial charge in [0.2, 0.25) is 5.96 Å². The highest BCUT2D eigenvalue weighted by atomic mass is 19.1. The number of nitrogens with zero attached hydrogens (tertiary/aromatic N) is 2.